The Morgan fingerprint density at radius 3 is 2.38 bits per heavy atom. The van der Waals surface area contributed by atoms with Crippen LogP contribution in [0.2, 0.25) is 0 Å². The van der Waals surface area contributed by atoms with Crippen molar-refractivity contribution < 1.29 is 18.4 Å². The fourth-order valence-electron chi connectivity index (χ4n) is 2.50. The third-order valence-corrected chi connectivity index (χ3v) is 3.94. The summed E-state index contributed by atoms with van der Waals surface area (Å²) in [6, 6.07) is 11.5. The predicted octanol–water partition coefficient (Wildman–Crippen LogP) is 2.86. The summed E-state index contributed by atoms with van der Waals surface area (Å²) in [5.41, 5.74) is 1.16. The molecule has 2 atom stereocenters. The Morgan fingerprint density at radius 1 is 0.958 bits per heavy atom. The lowest BCUT2D eigenvalue weighted by atomic mass is 10.2. The molecule has 4 nitrogen and oxygen atoms in total. The maximum Gasteiger partial charge on any atom is 0.228 e. The van der Waals surface area contributed by atoms with E-state index in [9.17, 15) is 18.4 Å². The van der Waals surface area contributed by atoms with Crippen molar-refractivity contribution in [2.24, 2.45) is 11.8 Å². The van der Waals surface area contributed by atoms with Crippen LogP contribution in [-0.2, 0) is 16.1 Å². The highest BCUT2D eigenvalue weighted by Crippen LogP contribution is 2.39. The van der Waals surface area contributed by atoms with E-state index in [4.69, 9.17) is 0 Å². The highest BCUT2D eigenvalue weighted by Gasteiger charge is 2.47. The molecule has 2 aromatic rings. The zero-order chi connectivity index (χ0) is 17.1. The smallest absolute Gasteiger partial charge is 0.228 e. The van der Waals surface area contributed by atoms with Gasteiger partial charge in [0, 0.05) is 12.2 Å². The molecule has 2 unspecified atom stereocenters. The molecule has 2 N–H and O–H groups in total. The highest BCUT2D eigenvalue weighted by molar-refractivity contribution is 5.99. The molecule has 24 heavy (non-hydrogen) atoms. The topological polar surface area (TPSA) is 58.2 Å². The van der Waals surface area contributed by atoms with Gasteiger partial charge in [-0.3, -0.25) is 9.59 Å². The van der Waals surface area contributed by atoms with Gasteiger partial charge in [-0.15, -0.1) is 0 Å². The number of anilines is 1. The summed E-state index contributed by atoms with van der Waals surface area (Å²) in [6.45, 7) is 0.286. The molecule has 1 aliphatic rings. The van der Waals surface area contributed by atoms with Gasteiger partial charge in [0.15, 0.2) is 0 Å². The predicted molar refractivity (Wildman–Crippen MR) is 84.9 cm³/mol. The van der Waals surface area contributed by atoms with E-state index in [1.165, 1.54) is 30.3 Å². The van der Waals surface area contributed by atoms with Crippen LogP contribution >= 0.6 is 0 Å². The number of carbonyl (C=O) groups excluding carboxylic acids is 2. The van der Waals surface area contributed by atoms with Crippen LogP contribution in [0.3, 0.4) is 0 Å². The van der Waals surface area contributed by atoms with Gasteiger partial charge < -0.3 is 10.6 Å². The summed E-state index contributed by atoms with van der Waals surface area (Å²) in [4.78, 5) is 24.1. The lowest BCUT2D eigenvalue weighted by Gasteiger charge is -2.06. The molecule has 0 aromatic heterocycles. The van der Waals surface area contributed by atoms with E-state index in [1.54, 1.807) is 18.2 Å². The number of hydrogen-bond donors (Lipinski definition) is 2. The zero-order valence-corrected chi connectivity index (χ0v) is 12.8. The van der Waals surface area contributed by atoms with Crippen molar-refractivity contribution in [3.8, 4) is 0 Å². The fourth-order valence-corrected chi connectivity index (χ4v) is 2.50. The molecular formula is C18H16F2N2O2. The van der Waals surface area contributed by atoms with Crippen molar-refractivity contribution in [3.05, 3.63) is 65.7 Å². The molecule has 0 spiro atoms. The summed E-state index contributed by atoms with van der Waals surface area (Å²) >= 11 is 0. The van der Waals surface area contributed by atoms with E-state index < -0.39 is 11.7 Å². The first-order valence-corrected chi connectivity index (χ1v) is 7.61. The first kappa shape index (κ1) is 16.1. The van der Waals surface area contributed by atoms with Gasteiger partial charge in [0.1, 0.15) is 11.6 Å². The van der Waals surface area contributed by atoms with E-state index in [0.29, 0.717) is 12.1 Å². The molecule has 0 radical (unpaired) electrons. The van der Waals surface area contributed by atoms with Gasteiger partial charge in [-0.25, -0.2) is 8.78 Å². The third-order valence-electron chi connectivity index (χ3n) is 3.94. The number of hydrogen-bond acceptors (Lipinski definition) is 2. The van der Waals surface area contributed by atoms with Crippen LogP contribution in [0.1, 0.15) is 12.0 Å². The van der Waals surface area contributed by atoms with E-state index >= 15 is 0 Å². The van der Waals surface area contributed by atoms with Gasteiger partial charge in [0.05, 0.1) is 11.8 Å². The number of carbonyl (C=O) groups is 2. The van der Waals surface area contributed by atoms with Gasteiger partial charge in [0.25, 0.3) is 0 Å². The number of halogens is 2. The maximum atomic E-state index is 13.1. The monoisotopic (exact) mass is 330 g/mol. The van der Waals surface area contributed by atoms with Crippen molar-refractivity contribution in [3.63, 3.8) is 0 Å². The Hall–Kier alpha value is -2.76. The average Bonchev–Trinajstić information content (AvgIpc) is 3.35. The van der Waals surface area contributed by atoms with E-state index in [2.05, 4.69) is 10.6 Å². The minimum absolute atomic E-state index is 0.210. The Morgan fingerprint density at radius 2 is 1.67 bits per heavy atom. The molecule has 0 aliphatic heterocycles. The zero-order valence-electron chi connectivity index (χ0n) is 12.8. The second kappa shape index (κ2) is 6.78. The molecule has 3 rings (SSSR count). The van der Waals surface area contributed by atoms with Gasteiger partial charge in [0.2, 0.25) is 11.8 Å². The van der Waals surface area contributed by atoms with Crippen LogP contribution in [0.25, 0.3) is 0 Å². The molecular weight excluding hydrogens is 314 g/mol. The Kier molecular flexibility index (Phi) is 4.55. The van der Waals surface area contributed by atoms with Crippen LogP contribution in [0, 0.1) is 23.5 Å². The number of nitrogens with one attached hydrogen (secondary N) is 2. The molecule has 2 amide bonds. The van der Waals surface area contributed by atoms with Crippen molar-refractivity contribution in [1.29, 1.82) is 0 Å². The van der Waals surface area contributed by atoms with Crippen LogP contribution in [0.15, 0.2) is 48.5 Å². The van der Waals surface area contributed by atoms with E-state index in [1.807, 2.05) is 0 Å². The second-order valence-electron chi connectivity index (χ2n) is 5.79. The summed E-state index contributed by atoms with van der Waals surface area (Å²) in [5.74, 6) is -2.04. The van der Waals surface area contributed by atoms with Crippen molar-refractivity contribution in [1.82, 2.24) is 5.32 Å². The average molecular weight is 330 g/mol. The molecule has 6 heteroatoms. The standard InChI is InChI=1S/C18H16F2N2O2/c19-12-6-4-11(5-7-12)10-21-17(23)15-9-16(15)18(24)22-14-3-1-2-13(20)8-14/h1-8,15-16H,9-10H2,(H,21,23)(H,22,24). The number of rotatable bonds is 5. The molecule has 124 valence electrons. The van der Waals surface area contributed by atoms with Crippen molar-refractivity contribution >= 4 is 17.5 Å². The Balaban J connectivity index is 1.48. The van der Waals surface area contributed by atoms with Gasteiger partial charge >= 0.3 is 0 Å². The maximum absolute atomic E-state index is 13.1. The van der Waals surface area contributed by atoms with Gasteiger partial charge in [-0.05, 0) is 42.3 Å². The van der Waals surface area contributed by atoms with Crippen LogP contribution in [0.4, 0.5) is 14.5 Å². The Labute approximate surface area is 137 Å². The SMILES string of the molecule is O=C(NCc1ccc(F)cc1)C1CC1C(=O)Nc1cccc(F)c1. The van der Waals surface area contributed by atoms with Crippen LogP contribution in [0.5, 0.6) is 0 Å². The van der Waals surface area contributed by atoms with Gasteiger partial charge in [-0.2, -0.15) is 0 Å². The number of amides is 2. The van der Waals surface area contributed by atoms with Crippen molar-refractivity contribution in [2.75, 3.05) is 5.32 Å². The van der Waals surface area contributed by atoms with Crippen LogP contribution in [-0.4, -0.2) is 11.8 Å². The molecule has 1 saturated carbocycles. The number of benzene rings is 2. The minimum atomic E-state index is -0.433. The largest absolute Gasteiger partial charge is 0.352 e. The summed E-state index contributed by atoms with van der Waals surface area (Å²) in [6.07, 6.45) is 0.469. The highest BCUT2D eigenvalue weighted by atomic mass is 19.1. The fraction of sp³-hybridized carbons (Fsp3) is 0.222. The lowest BCUT2D eigenvalue weighted by molar-refractivity contribution is -0.125. The minimum Gasteiger partial charge on any atom is -0.352 e. The first-order chi connectivity index (χ1) is 11.5. The van der Waals surface area contributed by atoms with E-state index in [0.717, 1.165) is 5.56 Å². The van der Waals surface area contributed by atoms with E-state index in [-0.39, 0.29) is 30.1 Å². The van der Waals surface area contributed by atoms with Crippen molar-refractivity contribution in [2.45, 2.75) is 13.0 Å². The molecule has 1 fully saturated rings. The molecule has 1 aliphatic carbocycles. The van der Waals surface area contributed by atoms with Gasteiger partial charge in [-0.1, -0.05) is 18.2 Å². The summed E-state index contributed by atoms with van der Waals surface area (Å²) < 4.78 is 25.9. The van der Waals surface area contributed by atoms with Crippen LogP contribution < -0.4 is 10.6 Å². The lowest BCUT2D eigenvalue weighted by Crippen LogP contribution is -2.27. The molecule has 2 aromatic carbocycles. The summed E-state index contributed by atoms with van der Waals surface area (Å²) in [5, 5.41) is 5.35. The quantitative estimate of drug-likeness (QED) is 0.886. The normalized spacial score (nSPS) is 18.8. The molecule has 0 bridgehead atoms. The third kappa shape index (κ3) is 3.95. The Bertz CT molecular complexity index is 762. The first-order valence-electron chi connectivity index (χ1n) is 7.61. The molecule has 0 saturated heterocycles. The molecule has 0 heterocycles. The summed E-state index contributed by atoms with van der Waals surface area (Å²) in [7, 11) is 0. The second-order valence-corrected chi connectivity index (χ2v) is 5.79.